The first kappa shape index (κ1) is 27.1. The van der Waals surface area contributed by atoms with E-state index >= 15 is 0 Å². The van der Waals surface area contributed by atoms with E-state index in [-0.39, 0.29) is 50.1 Å². The average molecular weight is 577 g/mol. The SMILES string of the molecule is Cc1cc(NC(=O)c2ccc(N3CCOCS3(=O)=O)cc2N2CCC3(CC2)CC3)nc(N2CCC(F)(F)CC2)n1. The summed E-state index contributed by atoms with van der Waals surface area (Å²) in [5.41, 5.74) is 2.63. The number of benzene rings is 1. The number of nitrogens with one attached hydrogen (secondary N) is 1. The summed E-state index contributed by atoms with van der Waals surface area (Å²) in [7, 11) is -3.62. The Morgan fingerprint density at radius 3 is 2.33 bits per heavy atom. The average Bonchev–Trinajstić information content (AvgIpc) is 3.66. The van der Waals surface area contributed by atoms with Crippen LogP contribution in [0.15, 0.2) is 24.3 Å². The van der Waals surface area contributed by atoms with Gasteiger partial charge in [-0.3, -0.25) is 9.10 Å². The van der Waals surface area contributed by atoms with Crippen molar-refractivity contribution in [2.45, 2.75) is 51.4 Å². The molecule has 10 nitrogen and oxygen atoms in total. The van der Waals surface area contributed by atoms with E-state index in [4.69, 9.17) is 4.74 Å². The van der Waals surface area contributed by atoms with Crippen molar-refractivity contribution in [3.8, 4) is 0 Å². The predicted octanol–water partition coefficient (Wildman–Crippen LogP) is 3.78. The Balaban J connectivity index is 1.27. The van der Waals surface area contributed by atoms with Gasteiger partial charge in [0.2, 0.25) is 5.95 Å². The minimum atomic E-state index is -3.62. The molecule has 1 aliphatic carbocycles. The molecule has 4 fully saturated rings. The molecule has 3 saturated heterocycles. The maximum atomic E-state index is 13.7. The molecule has 13 heteroatoms. The van der Waals surface area contributed by atoms with Gasteiger partial charge in [-0.05, 0) is 56.2 Å². The molecule has 40 heavy (non-hydrogen) atoms. The zero-order valence-corrected chi connectivity index (χ0v) is 23.4. The van der Waals surface area contributed by atoms with E-state index in [0.717, 1.165) is 25.9 Å². The zero-order valence-electron chi connectivity index (χ0n) is 22.5. The van der Waals surface area contributed by atoms with E-state index in [1.165, 1.54) is 17.1 Å². The number of carbonyl (C=O) groups excluding carboxylic acids is 1. The molecular formula is C27H34F2N6O4S. The maximum absolute atomic E-state index is 13.7. The topological polar surface area (TPSA) is 108 Å². The van der Waals surface area contributed by atoms with Gasteiger partial charge < -0.3 is 19.9 Å². The molecule has 1 spiro atoms. The van der Waals surface area contributed by atoms with Gasteiger partial charge in [0, 0.05) is 50.8 Å². The van der Waals surface area contributed by atoms with Gasteiger partial charge in [-0.1, -0.05) is 0 Å². The first-order valence-electron chi connectivity index (χ1n) is 13.8. The lowest BCUT2D eigenvalue weighted by Crippen LogP contribution is -2.41. The molecule has 3 aliphatic heterocycles. The maximum Gasteiger partial charge on any atom is 0.259 e. The van der Waals surface area contributed by atoms with Gasteiger partial charge in [-0.2, -0.15) is 4.98 Å². The van der Waals surface area contributed by atoms with Crippen molar-refractivity contribution in [2.24, 2.45) is 5.41 Å². The zero-order chi connectivity index (χ0) is 28.1. The molecule has 6 rings (SSSR count). The number of hydrogen-bond acceptors (Lipinski definition) is 8. The predicted molar refractivity (Wildman–Crippen MR) is 148 cm³/mol. The fraction of sp³-hybridized carbons (Fsp3) is 0.593. The molecule has 1 saturated carbocycles. The highest BCUT2D eigenvalue weighted by Gasteiger charge is 2.45. The number of ether oxygens (including phenoxy) is 1. The summed E-state index contributed by atoms with van der Waals surface area (Å²) in [5, 5.41) is 2.87. The Bertz CT molecular complexity index is 1400. The molecular weight excluding hydrogens is 542 g/mol. The second-order valence-electron chi connectivity index (χ2n) is 11.4. The minimum absolute atomic E-state index is 0.135. The van der Waals surface area contributed by atoms with Crippen LogP contribution in [0.25, 0.3) is 0 Å². The van der Waals surface area contributed by atoms with Gasteiger partial charge in [-0.15, -0.1) is 0 Å². The van der Waals surface area contributed by atoms with Crippen LogP contribution in [0.2, 0.25) is 0 Å². The molecule has 0 atom stereocenters. The second-order valence-corrected chi connectivity index (χ2v) is 13.2. The number of alkyl halides is 2. The molecule has 2 aromatic rings. The highest BCUT2D eigenvalue weighted by Crippen LogP contribution is 2.54. The van der Waals surface area contributed by atoms with Gasteiger partial charge in [0.15, 0.2) is 5.94 Å². The van der Waals surface area contributed by atoms with Crippen LogP contribution >= 0.6 is 0 Å². The number of piperidine rings is 2. The third-order valence-electron chi connectivity index (χ3n) is 8.50. The van der Waals surface area contributed by atoms with Crippen LogP contribution < -0.4 is 19.4 Å². The molecule has 1 aromatic carbocycles. The Morgan fingerprint density at radius 2 is 1.65 bits per heavy atom. The Kier molecular flexibility index (Phi) is 6.84. The molecule has 216 valence electrons. The standard InChI is InChI=1S/C27H34F2N6O4S/c1-19-16-23(32-25(30-19)34-12-8-27(28,29)9-13-34)31-24(36)21-3-2-20(35-14-15-39-18-40(35,37)38)17-22(21)33-10-6-26(4-5-26)7-11-33/h2-3,16-17H,4-15,18H2,1H3,(H,30,31,32,36). The van der Waals surface area contributed by atoms with Crippen molar-refractivity contribution < 1.29 is 26.7 Å². The summed E-state index contributed by atoms with van der Waals surface area (Å²) in [5.74, 6) is -2.85. The van der Waals surface area contributed by atoms with Gasteiger partial charge >= 0.3 is 0 Å². The van der Waals surface area contributed by atoms with E-state index in [2.05, 4.69) is 20.2 Å². The third kappa shape index (κ3) is 5.58. The molecule has 1 amide bonds. The monoisotopic (exact) mass is 576 g/mol. The molecule has 0 radical (unpaired) electrons. The smallest absolute Gasteiger partial charge is 0.259 e. The van der Waals surface area contributed by atoms with Crippen LogP contribution in [0.1, 0.15) is 54.6 Å². The lowest BCUT2D eigenvalue weighted by molar-refractivity contribution is -0.0222. The number of halogens is 2. The largest absolute Gasteiger partial charge is 0.371 e. The van der Waals surface area contributed by atoms with Crippen LogP contribution in [0.5, 0.6) is 0 Å². The summed E-state index contributed by atoms with van der Waals surface area (Å²) in [4.78, 5) is 26.4. The molecule has 0 bridgehead atoms. The number of hydrogen-bond donors (Lipinski definition) is 1. The number of amides is 1. The number of carbonyl (C=O) groups is 1. The number of sulfonamides is 1. The fourth-order valence-electron chi connectivity index (χ4n) is 5.81. The minimum Gasteiger partial charge on any atom is -0.371 e. The lowest BCUT2D eigenvalue weighted by atomic mass is 9.93. The summed E-state index contributed by atoms with van der Waals surface area (Å²) >= 11 is 0. The van der Waals surface area contributed by atoms with E-state index in [1.54, 1.807) is 36.1 Å². The van der Waals surface area contributed by atoms with Crippen LogP contribution in [-0.2, 0) is 14.8 Å². The molecule has 1 aromatic heterocycles. The van der Waals surface area contributed by atoms with Crippen LogP contribution in [0, 0.1) is 12.3 Å². The van der Waals surface area contributed by atoms with E-state index in [0.29, 0.717) is 40.6 Å². The first-order chi connectivity index (χ1) is 19.0. The van der Waals surface area contributed by atoms with Crippen LogP contribution in [-0.4, -0.2) is 75.5 Å². The lowest BCUT2D eigenvalue weighted by Gasteiger charge is -2.36. The van der Waals surface area contributed by atoms with Crippen LogP contribution in [0.3, 0.4) is 0 Å². The third-order valence-corrected chi connectivity index (χ3v) is 10.0. The van der Waals surface area contributed by atoms with Crippen molar-refractivity contribution in [1.82, 2.24) is 9.97 Å². The molecule has 0 unspecified atom stereocenters. The van der Waals surface area contributed by atoms with Crippen molar-refractivity contribution in [1.29, 1.82) is 0 Å². The van der Waals surface area contributed by atoms with Gasteiger partial charge in [0.05, 0.1) is 30.1 Å². The van der Waals surface area contributed by atoms with Gasteiger partial charge in [-0.25, -0.2) is 22.2 Å². The number of aromatic nitrogens is 2. The van der Waals surface area contributed by atoms with E-state index < -0.39 is 15.9 Å². The fourth-order valence-corrected chi connectivity index (χ4v) is 7.05. The molecule has 4 heterocycles. The molecule has 4 aliphatic rings. The summed E-state index contributed by atoms with van der Waals surface area (Å²) in [6.07, 6.45) is 4.03. The summed E-state index contributed by atoms with van der Waals surface area (Å²) in [6, 6.07) is 6.74. The number of anilines is 4. The Labute approximate surface area is 232 Å². The quantitative estimate of drug-likeness (QED) is 0.573. The first-order valence-corrected chi connectivity index (χ1v) is 15.4. The second kappa shape index (κ2) is 10.1. The van der Waals surface area contributed by atoms with Crippen molar-refractivity contribution >= 4 is 39.1 Å². The van der Waals surface area contributed by atoms with Crippen molar-refractivity contribution in [3.63, 3.8) is 0 Å². The number of nitrogens with zero attached hydrogens (tertiary/aromatic N) is 5. The van der Waals surface area contributed by atoms with Crippen molar-refractivity contribution in [3.05, 3.63) is 35.5 Å². The highest BCUT2D eigenvalue weighted by molar-refractivity contribution is 7.92. The van der Waals surface area contributed by atoms with E-state index in [9.17, 15) is 22.0 Å². The summed E-state index contributed by atoms with van der Waals surface area (Å²) < 4.78 is 59.2. The molecule has 1 N–H and O–H groups in total. The van der Waals surface area contributed by atoms with E-state index in [1.807, 2.05) is 0 Å². The van der Waals surface area contributed by atoms with Gasteiger partial charge in [0.25, 0.3) is 21.9 Å². The Morgan fingerprint density at radius 1 is 0.950 bits per heavy atom. The van der Waals surface area contributed by atoms with Crippen LogP contribution in [0.4, 0.5) is 31.9 Å². The number of aryl methyl sites for hydroxylation is 1. The summed E-state index contributed by atoms with van der Waals surface area (Å²) in [6.45, 7) is 4.12. The van der Waals surface area contributed by atoms with Crippen molar-refractivity contribution in [2.75, 3.05) is 64.7 Å². The highest BCUT2D eigenvalue weighted by atomic mass is 32.2. The Hall–Kier alpha value is -3.06. The number of rotatable bonds is 5. The normalized spacial score (nSPS) is 23.2. The van der Waals surface area contributed by atoms with Gasteiger partial charge in [0.1, 0.15) is 5.82 Å².